The van der Waals surface area contributed by atoms with Crippen LogP contribution in [0.3, 0.4) is 0 Å². The number of carbonyl (C=O) groups is 1. The molecule has 0 atom stereocenters. The SMILES string of the molecule is C=CCCOCCNc1c(C(=O)O)nnc2ccccc12. The lowest BCUT2D eigenvalue weighted by Gasteiger charge is -2.11. The Balaban J connectivity index is 2.14. The monoisotopic (exact) mass is 287 g/mol. The Morgan fingerprint density at radius 2 is 2.14 bits per heavy atom. The number of hydrogen-bond acceptors (Lipinski definition) is 5. The molecule has 0 unspecified atom stereocenters. The molecule has 110 valence electrons. The minimum absolute atomic E-state index is 0.0835. The zero-order valence-corrected chi connectivity index (χ0v) is 11.6. The number of aromatic nitrogens is 2. The maximum absolute atomic E-state index is 11.3. The number of ether oxygens (including phenoxy) is 1. The first-order valence-electron chi connectivity index (χ1n) is 6.65. The minimum atomic E-state index is -1.11. The second-order valence-corrected chi connectivity index (χ2v) is 4.36. The van der Waals surface area contributed by atoms with Gasteiger partial charge < -0.3 is 15.2 Å². The number of fused-ring (bicyclic) bond motifs is 1. The van der Waals surface area contributed by atoms with Gasteiger partial charge in [-0.3, -0.25) is 0 Å². The summed E-state index contributed by atoms with van der Waals surface area (Å²) >= 11 is 0. The van der Waals surface area contributed by atoms with Crippen molar-refractivity contribution in [3.8, 4) is 0 Å². The third kappa shape index (κ3) is 3.76. The third-order valence-corrected chi connectivity index (χ3v) is 2.88. The maximum atomic E-state index is 11.3. The van der Waals surface area contributed by atoms with E-state index in [2.05, 4.69) is 22.1 Å². The van der Waals surface area contributed by atoms with Crippen LogP contribution in [0, 0.1) is 0 Å². The summed E-state index contributed by atoms with van der Waals surface area (Å²) in [5.74, 6) is -1.11. The highest BCUT2D eigenvalue weighted by Gasteiger charge is 2.15. The zero-order valence-electron chi connectivity index (χ0n) is 11.6. The van der Waals surface area contributed by atoms with Gasteiger partial charge in [0.25, 0.3) is 0 Å². The molecular weight excluding hydrogens is 270 g/mol. The lowest BCUT2D eigenvalue weighted by Crippen LogP contribution is -2.15. The minimum Gasteiger partial charge on any atom is -0.476 e. The second-order valence-electron chi connectivity index (χ2n) is 4.36. The number of hydrogen-bond donors (Lipinski definition) is 2. The molecule has 2 aromatic rings. The number of rotatable bonds is 8. The number of anilines is 1. The lowest BCUT2D eigenvalue weighted by atomic mass is 10.1. The molecule has 1 aromatic heterocycles. The van der Waals surface area contributed by atoms with E-state index >= 15 is 0 Å². The topological polar surface area (TPSA) is 84.3 Å². The van der Waals surface area contributed by atoms with E-state index in [9.17, 15) is 9.90 Å². The Morgan fingerprint density at radius 3 is 2.90 bits per heavy atom. The summed E-state index contributed by atoms with van der Waals surface area (Å²) in [7, 11) is 0. The molecule has 0 aliphatic carbocycles. The van der Waals surface area contributed by atoms with Crippen LogP contribution in [0.15, 0.2) is 36.9 Å². The summed E-state index contributed by atoms with van der Waals surface area (Å²) in [5.41, 5.74) is 1.04. The average molecular weight is 287 g/mol. The van der Waals surface area contributed by atoms with Crippen molar-refractivity contribution in [2.24, 2.45) is 0 Å². The van der Waals surface area contributed by atoms with E-state index < -0.39 is 5.97 Å². The van der Waals surface area contributed by atoms with Crippen LogP contribution >= 0.6 is 0 Å². The predicted molar refractivity (Wildman–Crippen MR) is 80.6 cm³/mol. The number of benzene rings is 1. The van der Waals surface area contributed by atoms with E-state index in [0.717, 1.165) is 11.8 Å². The Morgan fingerprint density at radius 1 is 1.33 bits per heavy atom. The van der Waals surface area contributed by atoms with Crippen molar-refractivity contribution in [1.82, 2.24) is 10.2 Å². The Labute approximate surface area is 122 Å². The number of carboxylic acids is 1. The van der Waals surface area contributed by atoms with E-state index in [1.165, 1.54) is 0 Å². The summed E-state index contributed by atoms with van der Waals surface area (Å²) in [6.07, 6.45) is 2.58. The standard InChI is InChI=1S/C15H17N3O3/c1-2-3-9-21-10-8-16-13-11-6-4-5-7-12(11)17-18-14(13)15(19)20/h2,4-7H,1,3,8-10H2,(H,16,17)(H,19,20). The number of nitrogens with one attached hydrogen (secondary N) is 1. The summed E-state index contributed by atoms with van der Waals surface area (Å²) < 4.78 is 5.39. The Kier molecular flexibility index (Phi) is 5.22. The van der Waals surface area contributed by atoms with Gasteiger partial charge in [0.05, 0.1) is 24.4 Å². The van der Waals surface area contributed by atoms with Crippen LogP contribution in [0.5, 0.6) is 0 Å². The molecule has 0 aliphatic rings. The Bertz CT molecular complexity index is 643. The molecule has 0 amide bonds. The molecule has 2 N–H and O–H groups in total. The molecule has 2 rings (SSSR count). The second kappa shape index (κ2) is 7.35. The van der Waals surface area contributed by atoms with Crippen LogP contribution in [-0.2, 0) is 4.74 Å². The van der Waals surface area contributed by atoms with Crippen LogP contribution < -0.4 is 5.32 Å². The van der Waals surface area contributed by atoms with Crippen molar-refractivity contribution < 1.29 is 14.6 Å². The summed E-state index contributed by atoms with van der Waals surface area (Å²) in [5, 5.41) is 20.7. The fourth-order valence-electron chi connectivity index (χ4n) is 1.90. The molecule has 0 bridgehead atoms. The number of carboxylic acid groups (broad SMARTS) is 1. The van der Waals surface area contributed by atoms with Gasteiger partial charge in [0, 0.05) is 11.9 Å². The van der Waals surface area contributed by atoms with Crippen molar-refractivity contribution in [3.05, 3.63) is 42.6 Å². The highest BCUT2D eigenvalue weighted by atomic mass is 16.5. The highest BCUT2D eigenvalue weighted by molar-refractivity contribution is 6.02. The first-order chi connectivity index (χ1) is 10.2. The predicted octanol–water partition coefficient (Wildman–Crippen LogP) is 2.33. The maximum Gasteiger partial charge on any atom is 0.358 e. The van der Waals surface area contributed by atoms with E-state index in [4.69, 9.17) is 4.74 Å². The molecule has 0 fully saturated rings. The molecule has 1 heterocycles. The molecule has 6 heteroatoms. The smallest absolute Gasteiger partial charge is 0.358 e. The van der Waals surface area contributed by atoms with Gasteiger partial charge in [-0.25, -0.2) is 4.79 Å². The largest absolute Gasteiger partial charge is 0.476 e. The van der Waals surface area contributed by atoms with Crippen molar-refractivity contribution >= 4 is 22.6 Å². The van der Waals surface area contributed by atoms with Crippen molar-refractivity contribution in [3.63, 3.8) is 0 Å². The van der Waals surface area contributed by atoms with Crippen LogP contribution in [0.1, 0.15) is 16.9 Å². The molecular formula is C15H17N3O3. The van der Waals surface area contributed by atoms with Gasteiger partial charge >= 0.3 is 5.97 Å². The van der Waals surface area contributed by atoms with Crippen molar-refractivity contribution in [2.75, 3.05) is 25.1 Å². The van der Waals surface area contributed by atoms with Gasteiger partial charge in [-0.15, -0.1) is 16.8 Å². The van der Waals surface area contributed by atoms with Gasteiger partial charge in [0.15, 0.2) is 5.69 Å². The number of aromatic carboxylic acids is 1. The summed E-state index contributed by atoms with van der Waals surface area (Å²) in [6, 6.07) is 7.28. The van der Waals surface area contributed by atoms with Crippen LogP contribution in [0.4, 0.5) is 5.69 Å². The van der Waals surface area contributed by atoms with E-state index in [-0.39, 0.29) is 5.69 Å². The number of nitrogens with zero attached hydrogens (tertiary/aromatic N) is 2. The van der Waals surface area contributed by atoms with Gasteiger partial charge in [-0.1, -0.05) is 24.3 Å². The van der Waals surface area contributed by atoms with Gasteiger partial charge in [-0.05, 0) is 12.5 Å². The molecule has 21 heavy (non-hydrogen) atoms. The highest BCUT2D eigenvalue weighted by Crippen LogP contribution is 2.23. The molecule has 0 aliphatic heterocycles. The molecule has 6 nitrogen and oxygen atoms in total. The van der Waals surface area contributed by atoms with Gasteiger partial charge in [0.1, 0.15) is 0 Å². The van der Waals surface area contributed by atoms with Crippen LogP contribution in [0.2, 0.25) is 0 Å². The quantitative estimate of drug-likeness (QED) is 0.572. The molecule has 0 spiro atoms. The third-order valence-electron chi connectivity index (χ3n) is 2.88. The van der Waals surface area contributed by atoms with E-state index in [1.54, 1.807) is 12.1 Å². The van der Waals surface area contributed by atoms with E-state index in [1.807, 2.05) is 18.2 Å². The first kappa shape index (κ1) is 14.9. The fourth-order valence-corrected chi connectivity index (χ4v) is 1.90. The normalized spacial score (nSPS) is 10.5. The fraction of sp³-hybridized carbons (Fsp3) is 0.267. The van der Waals surface area contributed by atoms with Crippen molar-refractivity contribution in [1.29, 1.82) is 0 Å². The first-order valence-corrected chi connectivity index (χ1v) is 6.65. The Hall–Kier alpha value is -2.47. The average Bonchev–Trinajstić information content (AvgIpc) is 2.50. The van der Waals surface area contributed by atoms with Crippen molar-refractivity contribution in [2.45, 2.75) is 6.42 Å². The molecule has 0 radical (unpaired) electrons. The van der Waals surface area contributed by atoms with Gasteiger partial charge in [-0.2, -0.15) is 0 Å². The van der Waals surface area contributed by atoms with E-state index in [0.29, 0.717) is 31.0 Å². The lowest BCUT2D eigenvalue weighted by molar-refractivity contribution is 0.0690. The zero-order chi connectivity index (χ0) is 15.1. The molecule has 1 aromatic carbocycles. The van der Waals surface area contributed by atoms with Crippen LogP contribution in [-0.4, -0.2) is 41.0 Å². The van der Waals surface area contributed by atoms with Crippen LogP contribution in [0.25, 0.3) is 10.9 Å². The summed E-state index contributed by atoms with van der Waals surface area (Å²) in [4.78, 5) is 11.3. The summed E-state index contributed by atoms with van der Waals surface area (Å²) in [6.45, 7) is 5.19. The molecule has 0 saturated carbocycles. The van der Waals surface area contributed by atoms with Gasteiger partial charge in [0.2, 0.25) is 0 Å². The molecule has 0 saturated heterocycles.